The highest BCUT2D eigenvalue weighted by atomic mass is 79.9. The van der Waals surface area contributed by atoms with Gasteiger partial charge in [-0.25, -0.2) is 48.9 Å². The number of pyridine rings is 9. The van der Waals surface area contributed by atoms with Crippen molar-refractivity contribution in [1.29, 1.82) is 0 Å². The molecule has 5 aliphatic rings. The molecule has 684 valence electrons. The van der Waals surface area contributed by atoms with E-state index >= 15 is 0 Å². The average molecular weight is 2000 g/mol. The van der Waals surface area contributed by atoms with Gasteiger partial charge in [-0.2, -0.15) is 29.6 Å². The highest BCUT2D eigenvalue weighted by Gasteiger charge is 2.46. The molecule has 0 spiro atoms. The molecule has 29 nitrogen and oxygen atoms in total. The molecule has 0 radical (unpaired) electrons. The first kappa shape index (κ1) is 97.3. The molecule has 36 heteroatoms. The number of aromatic nitrogens is 9. The van der Waals surface area contributed by atoms with E-state index in [-0.39, 0.29) is 84.6 Å². The van der Waals surface area contributed by atoms with Gasteiger partial charge in [-0.05, 0) is 295 Å². The fraction of sp³-hybridized carbons (Fsp3) is 0.467. The molecule has 4 amide bonds. The Morgan fingerprint density at radius 1 is 0.539 bits per heavy atom. The molecule has 0 saturated carbocycles. The van der Waals surface area contributed by atoms with Crippen molar-refractivity contribution in [1.82, 2.24) is 63.9 Å². The summed E-state index contributed by atoms with van der Waals surface area (Å²) < 4.78 is 109. The van der Waals surface area contributed by atoms with Crippen LogP contribution in [0.1, 0.15) is 266 Å². The first-order valence-electron chi connectivity index (χ1n) is 42.6. The minimum absolute atomic E-state index is 0.187. The van der Waals surface area contributed by atoms with E-state index in [0.717, 1.165) is 87.6 Å². The van der Waals surface area contributed by atoms with E-state index in [1.54, 1.807) is 78.1 Å². The van der Waals surface area contributed by atoms with Crippen molar-refractivity contribution in [3.63, 3.8) is 0 Å². The summed E-state index contributed by atoms with van der Waals surface area (Å²) in [7, 11) is -13.0. The van der Waals surface area contributed by atoms with Crippen LogP contribution >= 0.6 is 47.8 Å². The van der Waals surface area contributed by atoms with Crippen molar-refractivity contribution in [2.45, 2.75) is 254 Å². The second-order valence-corrected chi connectivity index (χ2v) is 46.9. The van der Waals surface area contributed by atoms with Crippen molar-refractivity contribution in [3.8, 4) is 0 Å². The molecular formula is C92H114Br3FN18O11S3. The summed E-state index contributed by atoms with van der Waals surface area (Å²) in [5.41, 5.74) is 1.92. The number of fused-ring (bicyclic) bond motifs is 12. The van der Waals surface area contributed by atoms with Gasteiger partial charge in [-0.3, -0.25) is 29.3 Å². The number of hydrogen-bond donors (Lipinski definition) is 6. The molecule has 3 saturated heterocycles. The maximum atomic E-state index is 14.7. The van der Waals surface area contributed by atoms with E-state index in [1.165, 1.54) is 36.4 Å². The lowest BCUT2D eigenvalue weighted by atomic mass is 9.90. The van der Waals surface area contributed by atoms with E-state index in [2.05, 4.69) is 187 Å². The quantitative estimate of drug-likeness (QED) is 0.0655. The number of ether oxygens (including phenoxy) is 1. The van der Waals surface area contributed by atoms with Gasteiger partial charge in [-0.15, -0.1) is 0 Å². The molecule has 9 aromatic rings. The first-order chi connectivity index (χ1) is 59.6. The lowest BCUT2D eigenvalue weighted by Crippen LogP contribution is -2.45. The minimum atomic E-state index is -4.47. The minimum Gasteiger partial charge on any atom is -0.444 e. The summed E-state index contributed by atoms with van der Waals surface area (Å²) >= 11 is 10.3. The van der Waals surface area contributed by atoms with E-state index in [9.17, 15) is 48.8 Å². The molecule has 5 aliphatic heterocycles. The van der Waals surface area contributed by atoms with E-state index < -0.39 is 75.3 Å². The Balaban J connectivity index is 0.000000175. The van der Waals surface area contributed by atoms with Crippen LogP contribution in [-0.4, -0.2) is 141 Å². The lowest BCUT2D eigenvalue weighted by molar-refractivity contribution is 0.0130. The van der Waals surface area contributed by atoms with Crippen LogP contribution in [0.4, 0.5) is 38.3 Å². The third-order valence-electron chi connectivity index (χ3n) is 23.2. The predicted molar refractivity (Wildman–Crippen MR) is 502 cm³/mol. The second-order valence-electron chi connectivity index (χ2n) is 39.3. The topological polar surface area (TPSA) is 378 Å². The van der Waals surface area contributed by atoms with Gasteiger partial charge in [0.05, 0.1) is 51.9 Å². The highest BCUT2D eigenvalue weighted by Crippen LogP contribution is 2.45. The maximum Gasteiger partial charge on any atom is 0.410 e. The number of nitrogens with zero attached hydrogens (tertiary/aromatic N) is 12. The molecule has 6 atom stereocenters. The van der Waals surface area contributed by atoms with Crippen molar-refractivity contribution < 1.29 is 53.6 Å². The number of carbonyl (C=O) groups excluding carboxylic acids is 4. The third-order valence-corrected chi connectivity index (χ3v) is 28.3. The van der Waals surface area contributed by atoms with Crippen LogP contribution in [0, 0.1) is 23.7 Å². The van der Waals surface area contributed by atoms with Gasteiger partial charge in [-0.1, -0.05) is 80.5 Å². The standard InChI is InChI=1S/C34H44BrFN6O5S.2C29H35BrN6O3S/c1-32(2,3)26-17-14-23(29(36)39-26)30(43)41-48(45,46)28-11-9-10-27(40-28)38-25(24-16-13-22(35)19-37-24)15-12-21-18-34(7,8)42(20-21)31(44)47-33(4,5)6;2*1-28(2,3)23-14-11-20-26(33-23)36-17-18(15-29(36,4)5)9-12-22(21-13-10-19(30)16-31-21)32-24-7-6-8-25(34-24)40(38,39)35-27(20)37/h9-11,13-14,16-17,19,21,25H,12,15,18,20H2,1-8H3,(H,38,40)(H,41,43);2*6-8,10-11,13-14,16,18,22H,9,12,15,17H2,1-5H3,(H,32,34)(H,35,37)/t21-,25?;2*18-,22?/m000/s1. The van der Waals surface area contributed by atoms with Crippen LogP contribution in [0.15, 0.2) is 174 Å². The number of rotatable bonds is 11. The Morgan fingerprint density at radius 3 is 1.43 bits per heavy atom. The molecule has 0 aromatic carbocycles. The molecule has 128 heavy (non-hydrogen) atoms. The van der Waals surface area contributed by atoms with Crippen LogP contribution in [-0.2, 0) is 51.1 Å². The number of likely N-dealkylation sites (tertiary alicyclic amines) is 1. The molecule has 6 N–H and O–H groups in total. The zero-order valence-electron chi connectivity index (χ0n) is 75.4. The fourth-order valence-electron chi connectivity index (χ4n) is 16.7. The van der Waals surface area contributed by atoms with Gasteiger partial charge in [0.15, 0.2) is 15.1 Å². The molecule has 14 rings (SSSR count). The van der Waals surface area contributed by atoms with Gasteiger partial charge < -0.3 is 35.4 Å². The number of halogens is 4. The average Bonchev–Trinajstić information content (AvgIpc) is 1.65. The monoisotopic (exact) mass is 2000 g/mol. The number of amides is 4. The van der Waals surface area contributed by atoms with E-state index in [1.807, 2.05) is 96.5 Å². The van der Waals surface area contributed by atoms with Crippen LogP contribution < -0.4 is 39.9 Å². The predicted octanol–water partition coefficient (Wildman–Crippen LogP) is 18.4. The Morgan fingerprint density at radius 2 is 0.992 bits per heavy atom. The molecule has 3 fully saturated rings. The van der Waals surface area contributed by atoms with Crippen LogP contribution in [0.3, 0.4) is 0 Å². The molecule has 14 heterocycles. The number of hydrogen-bond acceptors (Lipinski definition) is 25. The summed E-state index contributed by atoms with van der Waals surface area (Å²) in [4.78, 5) is 99.6. The normalized spacial score (nSPS) is 20.4. The van der Waals surface area contributed by atoms with E-state index in [0.29, 0.717) is 72.6 Å². The molecule has 8 bridgehead atoms. The maximum absolute atomic E-state index is 14.7. The Bertz CT molecular complexity index is 5740. The third kappa shape index (κ3) is 24.1. The van der Waals surface area contributed by atoms with Crippen molar-refractivity contribution in [2.24, 2.45) is 17.8 Å². The summed E-state index contributed by atoms with van der Waals surface area (Å²) in [5.74, 6) is -0.779. The number of nitrogens with one attached hydrogen (secondary N) is 6. The Hall–Kier alpha value is -9.75. The van der Waals surface area contributed by atoms with Crippen molar-refractivity contribution in [3.05, 3.63) is 216 Å². The highest BCUT2D eigenvalue weighted by molar-refractivity contribution is 9.11. The Labute approximate surface area is 775 Å². The van der Waals surface area contributed by atoms with Crippen LogP contribution in [0.2, 0.25) is 0 Å². The Kier molecular flexibility index (Phi) is 28.9. The first-order valence-corrected chi connectivity index (χ1v) is 49.5. The molecular weight excluding hydrogens is 1890 g/mol. The van der Waals surface area contributed by atoms with Crippen molar-refractivity contribution in [2.75, 3.05) is 45.4 Å². The summed E-state index contributed by atoms with van der Waals surface area (Å²) in [6, 6.07) is 34.3. The van der Waals surface area contributed by atoms with Gasteiger partial charge in [0.2, 0.25) is 5.95 Å². The van der Waals surface area contributed by atoms with Gasteiger partial charge in [0.25, 0.3) is 47.8 Å². The number of carbonyl (C=O) groups is 4. The molecule has 9 aromatic heterocycles. The number of anilines is 5. The summed E-state index contributed by atoms with van der Waals surface area (Å²) in [5, 5.41) is 9.20. The smallest absolute Gasteiger partial charge is 0.410 e. The number of sulfonamides is 3. The summed E-state index contributed by atoms with van der Waals surface area (Å²) in [6.07, 6.45) is 12.1. The van der Waals surface area contributed by atoms with Gasteiger partial charge in [0.1, 0.15) is 34.7 Å². The summed E-state index contributed by atoms with van der Waals surface area (Å²) in [6.45, 7) is 38.1. The van der Waals surface area contributed by atoms with Crippen LogP contribution in [0.5, 0.6) is 0 Å². The molecule has 0 aliphatic carbocycles. The SMILES string of the molecule is CC(C)(C)OC(=O)N1C[C@@H](CCC(Nc2cccc(S(=O)(=O)NC(=O)c3ccc(C(C)(C)C)nc3F)n2)c2ccc(Br)cn2)CC1(C)C.CC(C)(C)c1ccc2c(n1)N1C[C@@H](CCC(c3ccc(Br)cn3)Nc3cccc(n3)S(=O)(=O)NC2=O)CC1(C)C.CC(C)(C)c1ccc2c(n1)N1C[C@@H](CCC(c3ccc(Br)cn3)Nc3cccc(n3)S(=O)(=O)NC2=O)CC1(C)C. The zero-order chi connectivity index (χ0) is 93.4. The van der Waals surface area contributed by atoms with Gasteiger partial charge in [0, 0.05) is 102 Å². The van der Waals surface area contributed by atoms with Crippen LogP contribution in [0.25, 0.3) is 0 Å². The zero-order valence-corrected chi connectivity index (χ0v) is 82.6. The van der Waals surface area contributed by atoms with Crippen molar-refractivity contribution >= 4 is 131 Å². The second kappa shape index (κ2) is 38.0. The largest absolute Gasteiger partial charge is 0.444 e. The van der Waals surface area contributed by atoms with E-state index in [4.69, 9.17) is 14.7 Å². The van der Waals surface area contributed by atoms with Gasteiger partial charge >= 0.3 is 6.09 Å². The lowest BCUT2D eigenvalue weighted by Gasteiger charge is -2.34. The fourth-order valence-corrected chi connectivity index (χ4v) is 20.2. The molecule has 3 unspecified atom stereocenters.